The van der Waals surface area contributed by atoms with Crippen LogP contribution in [0.25, 0.3) is 0 Å². The van der Waals surface area contributed by atoms with Crippen LogP contribution in [-0.4, -0.2) is 38.9 Å². The van der Waals surface area contributed by atoms with Crippen LogP contribution in [0.3, 0.4) is 0 Å². The van der Waals surface area contributed by atoms with Crippen molar-refractivity contribution in [1.82, 2.24) is 9.62 Å². The van der Waals surface area contributed by atoms with Crippen LogP contribution in [0.5, 0.6) is 0 Å². The summed E-state index contributed by atoms with van der Waals surface area (Å²) in [5.41, 5.74) is 0. The van der Waals surface area contributed by atoms with Crippen molar-refractivity contribution in [3.05, 3.63) is 17.0 Å². The highest BCUT2D eigenvalue weighted by atomic mass is 35.5. The Hall–Kier alpha value is -0.140. The Morgan fingerprint density at radius 1 is 1.28 bits per heavy atom. The van der Waals surface area contributed by atoms with Crippen molar-refractivity contribution >= 4 is 33.8 Å². The smallest absolute Gasteiger partial charge is 0.252 e. The van der Waals surface area contributed by atoms with Crippen molar-refractivity contribution in [3.63, 3.8) is 0 Å². The lowest BCUT2D eigenvalue weighted by Crippen LogP contribution is -2.31. The molecule has 0 saturated carbocycles. The summed E-state index contributed by atoms with van der Waals surface area (Å²) in [7, 11) is -3.24. The van der Waals surface area contributed by atoms with Gasteiger partial charge in [-0.05, 0) is 44.0 Å². The topological polar surface area (TPSA) is 49.4 Å². The minimum Gasteiger partial charge on any atom is -0.316 e. The summed E-state index contributed by atoms with van der Waals surface area (Å²) in [4.78, 5) is 1.05. The normalized spacial score (nSPS) is 28.1. The SMILES string of the molecule is Cc1ccc(S(=O)(=O)N2C[C@H]3CNC[C@H]3C2)s1.Cl. The molecule has 2 atom stereocenters. The number of sulfonamides is 1. The summed E-state index contributed by atoms with van der Waals surface area (Å²) in [6.07, 6.45) is 0. The molecule has 3 heterocycles. The lowest BCUT2D eigenvalue weighted by Gasteiger charge is -2.15. The molecule has 0 bridgehead atoms. The lowest BCUT2D eigenvalue weighted by atomic mass is 10.0. The van der Waals surface area contributed by atoms with E-state index in [-0.39, 0.29) is 12.4 Å². The fourth-order valence-corrected chi connectivity index (χ4v) is 5.68. The van der Waals surface area contributed by atoms with Crippen LogP contribution in [0.1, 0.15) is 4.88 Å². The second-order valence-electron chi connectivity index (χ2n) is 4.87. The van der Waals surface area contributed by atoms with Crippen molar-refractivity contribution in [3.8, 4) is 0 Å². The van der Waals surface area contributed by atoms with Gasteiger partial charge in [0.05, 0.1) is 0 Å². The number of halogens is 1. The monoisotopic (exact) mass is 308 g/mol. The fraction of sp³-hybridized carbons (Fsp3) is 0.636. The molecule has 2 aliphatic heterocycles. The van der Waals surface area contributed by atoms with Gasteiger partial charge >= 0.3 is 0 Å². The average molecular weight is 309 g/mol. The van der Waals surface area contributed by atoms with Crippen molar-refractivity contribution in [2.75, 3.05) is 26.2 Å². The predicted molar refractivity (Wildman–Crippen MR) is 74.9 cm³/mol. The van der Waals surface area contributed by atoms with Crippen LogP contribution in [-0.2, 0) is 10.0 Å². The highest BCUT2D eigenvalue weighted by Crippen LogP contribution is 2.32. The third-order valence-corrected chi connectivity index (χ3v) is 6.97. The molecule has 2 saturated heterocycles. The van der Waals surface area contributed by atoms with Crippen LogP contribution >= 0.6 is 23.7 Å². The Labute approximate surface area is 118 Å². The van der Waals surface area contributed by atoms with E-state index < -0.39 is 10.0 Å². The van der Waals surface area contributed by atoms with Gasteiger partial charge in [0, 0.05) is 18.0 Å². The van der Waals surface area contributed by atoms with Crippen molar-refractivity contribution < 1.29 is 8.42 Å². The summed E-state index contributed by atoms with van der Waals surface area (Å²) < 4.78 is 26.9. The number of nitrogens with one attached hydrogen (secondary N) is 1. The minimum absolute atomic E-state index is 0. The first-order valence-corrected chi connectivity index (χ1v) is 8.10. The van der Waals surface area contributed by atoms with Crippen LogP contribution in [0.4, 0.5) is 0 Å². The van der Waals surface area contributed by atoms with E-state index in [1.807, 2.05) is 13.0 Å². The molecule has 7 heteroatoms. The van der Waals surface area contributed by atoms with Crippen molar-refractivity contribution in [1.29, 1.82) is 0 Å². The van der Waals surface area contributed by atoms with Gasteiger partial charge in [0.2, 0.25) is 0 Å². The van der Waals surface area contributed by atoms with E-state index in [1.165, 1.54) is 11.3 Å². The number of nitrogens with zero attached hydrogens (tertiary/aromatic N) is 1. The summed E-state index contributed by atoms with van der Waals surface area (Å²) in [5, 5.41) is 3.32. The summed E-state index contributed by atoms with van der Waals surface area (Å²) in [6.45, 7) is 5.21. The average Bonchev–Trinajstić information content (AvgIpc) is 2.89. The Balaban J connectivity index is 0.00000120. The lowest BCUT2D eigenvalue weighted by molar-refractivity contribution is 0.449. The molecule has 1 aromatic heterocycles. The maximum atomic E-state index is 12.4. The van der Waals surface area contributed by atoms with Crippen LogP contribution in [0, 0.1) is 18.8 Å². The zero-order valence-corrected chi connectivity index (χ0v) is 12.6. The molecule has 4 nitrogen and oxygen atoms in total. The molecule has 0 aliphatic carbocycles. The van der Waals surface area contributed by atoms with Crippen LogP contribution < -0.4 is 5.32 Å². The first kappa shape index (κ1) is 14.3. The molecule has 3 rings (SSSR count). The Kier molecular flexibility index (Phi) is 4.04. The van der Waals surface area contributed by atoms with Gasteiger partial charge in [-0.1, -0.05) is 0 Å². The van der Waals surface area contributed by atoms with Gasteiger partial charge in [0.15, 0.2) is 0 Å². The second-order valence-corrected chi connectivity index (χ2v) is 8.32. The fourth-order valence-electron chi connectivity index (χ4n) is 2.69. The van der Waals surface area contributed by atoms with Crippen LogP contribution in [0.15, 0.2) is 16.3 Å². The molecular weight excluding hydrogens is 292 g/mol. The van der Waals surface area contributed by atoms with Gasteiger partial charge in [-0.15, -0.1) is 23.7 Å². The van der Waals surface area contributed by atoms with Gasteiger partial charge in [-0.25, -0.2) is 8.42 Å². The van der Waals surface area contributed by atoms with E-state index in [0.29, 0.717) is 29.1 Å². The maximum absolute atomic E-state index is 12.4. The van der Waals surface area contributed by atoms with Gasteiger partial charge in [0.1, 0.15) is 4.21 Å². The maximum Gasteiger partial charge on any atom is 0.252 e. The number of thiophene rings is 1. The molecule has 0 aromatic carbocycles. The molecule has 0 amide bonds. The summed E-state index contributed by atoms with van der Waals surface area (Å²) in [5.74, 6) is 1.01. The van der Waals surface area contributed by atoms with E-state index in [1.54, 1.807) is 10.4 Å². The minimum atomic E-state index is -3.24. The van der Waals surface area contributed by atoms with Crippen molar-refractivity contribution in [2.24, 2.45) is 11.8 Å². The summed E-state index contributed by atoms with van der Waals surface area (Å²) in [6, 6.07) is 3.59. The molecule has 102 valence electrons. The Morgan fingerprint density at radius 2 is 1.89 bits per heavy atom. The van der Waals surface area contributed by atoms with Crippen molar-refractivity contribution in [2.45, 2.75) is 11.1 Å². The predicted octanol–water partition coefficient (Wildman–Crippen LogP) is 1.32. The molecule has 2 aliphatic rings. The molecule has 2 fully saturated rings. The molecule has 0 radical (unpaired) electrons. The number of rotatable bonds is 2. The molecular formula is C11H17ClN2O2S2. The molecule has 0 unspecified atom stereocenters. The Bertz CT molecular complexity index is 517. The zero-order valence-electron chi connectivity index (χ0n) is 10.1. The number of fused-ring (bicyclic) bond motifs is 1. The van der Waals surface area contributed by atoms with E-state index in [4.69, 9.17) is 0 Å². The number of aryl methyl sites for hydroxylation is 1. The highest BCUT2D eigenvalue weighted by molar-refractivity contribution is 7.91. The summed E-state index contributed by atoms with van der Waals surface area (Å²) >= 11 is 1.36. The molecule has 1 aromatic rings. The first-order valence-electron chi connectivity index (χ1n) is 5.84. The highest BCUT2D eigenvalue weighted by Gasteiger charge is 2.41. The van der Waals surface area contributed by atoms with E-state index in [0.717, 1.165) is 18.0 Å². The zero-order chi connectivity index (χ0) is 12.0. The molecule has 1 N–H and O–H groups in total. The standard InChI is InChI=1S/C11H16N2O2S2.ClH/c1-8-2-3-11(16-8)17(14,15)13-6-9-4-12-5-10(9)7-13;/h2-3,9-10,12H,4-7H2,1H3;1H/t9-,10+;. The molecule has 0 spiro atoms. The van der Waals surface area contributed by atoms with E-state index in [2.05, 4.69) is 5.32 Å². The molecule has 18 heavy (non-hydrogen) atoms. The second kappa shape index (κ2) is 5.09. The first-order chi connectivity index (χ1) is 8.07. The van der Waals surface area contributed by atoms with Gasteiger partial charge in [0.25, 0.3) is 10.0 Å². The number of hydrogen-bond acceptors (Lipinski definition) is 4. The quantitative estimate of drug-likeness (QED) is 0.896. The van der Waals surface area contributed by atoms with Gasteiger partial charge in [-0.3, -0.25) is 0 Å². The number of hydrogen-bond donors (Lipinski definition) is 1. The van der Waals surface area contributed by atoms with E-state index in [9.17, 15) is 8.42 Å². The largest absolute Gasteiger partial charge is 0.316 e. The van der Waals surface area contributed by atoms with Gasteiger partial charge < -0.3 is 5.32 Å². The van der Waals surface area contributed by atoms with Gasteiger partial charge in [-0.2, -0.15) is 4.31 Å². The van der Waals surface area contributed by atoms with Crippen LogP contribution in [0.2, 0.25) is 0 Å². The van der Waals surface area contributed by atoms with E-state index >= 15 is 0 Å². The third-order valence-electron chi connectivity index (χ3n) is 3.67. The third kappa shape index (κ3) is 2.32. The Morgan fingerprint density at radius 3 is 2.39 bits per heavy atom.